The van der Waals surface area contributed by atoms with E-state index in [9.17, 15) is 4.79 Å². The van der Waals surface area contributed by atoms with Crippen molar-refractivity contribution in [3.8, 4) is 0 Å². The highest BCUT2D eigenvalue weighted by Crippen LogP contribution is 2.11. The molecule has 1 heterocycles. The molecule has 0 amide bonds. The van der Waals surface area contributed by atoms with Crippen molar-refractivity contribution in [3.63, 3.8) is 0 Å². The number of carbonyl (C=O) groups is 1. The molecule has 0 bridgehead atoms. The average molecular weight is 196 g/mol. The fraction of sp³-hybridized carbons (Fsp3) is 0.375. The predicted octanol–water partition coefficient (Wildman–Crippen LogP) is 0.118. The zero-order valence-corrected chi connectivity index (χ0v) is 7.82. The van der Waals surface area contributed by atoms with Crippen LogP contribution in [0.25, 0.3) is 0 Å². The largest absolute Gasteiger partial charge is 0.481 e. The van der Waals surface area contributed by atoms with Crippen LogP contribution in [0.3, 0.4) is 0 Å². The summed E-state index contributed by atoms with van der Waals surface area (Å²) in [5.41, 5.74) is 6.26. The van der Waals surface area contributed by atoms with E-state index in [1.807, 2.05) is 0 Å². The normalized spacial score (nSPS) is 9.79. The Hall–Kier alpha value is -1.85. The molecule has 1 rings (SSSR count). The summed E-state index contributed by atoms with van der Waals surface area (Å²) in [6.07, 6.45) is 1.93. The minimum absolute atomic E-state index is 0.0342. The van der Waals surface area contributed by atoms with E-state index in [1.165, 1.54) is 6.20 Å². The number of rotatable bonds is 4. The van der Waals surface area contributed by atoms with Gasteiger partial charge in [-0.1, -0.05) is 0 Å². The Morgan fingerprint density at radius 2 is 2.43 bits per heavy atom. The number of nitrogens with two attached hydrogens (primary N) is 1. The maximum absolute atomic E-state index is 10.3. The summed E-state index contributed by atoms with van der Waals surface area (Å²) in [5.74, 6) is -0.103. The first-order valence-electron chi connectivity index (χ1n) is 4.14. The quantitative estimate of drug-likeness (QED) is 0.632. The zero-order chi connectivity index (χ0) is 10.6. The maximum atomic E-state index is 10.3. The number of carboxylic acids is 1. The minimum Gasteiger partial charge on any atom is -0.481 e. The van der Waals surface area contributed by atoms with E-state index in [-0.39, 0.29) is 6.42 Å². The Kier molecular flexibility index (Phi) is 3.22. The Morgan fingerprint density at radius 3 is 2.93 bits per heavy atom. The first-order chi connectivity index (χ1) is 6.63. The van der Waals surface area contributed by atoms with Crippen LogP contribution in [0.15, 0.2) is 6.20 Å². The molecule has 14 heavy (non-hydrogen) atoms. The van der Waals surface area contributed by atoms with Crippen molar-refractivity contribution in [2.75, 3.05) is 18.1 Å². The molecule has 0 atom stereocenters. The Bertz CT molecular complexity index is 340. The molecule has 0 aliphatic carbocycles. The van der Waals surface area contributed by atoms with Crippen LogP contribution in [-0.4, -0.2) is 28.1 Å². The summed E-state index contributed by atoms with van der Waals surface area (Å²) in [6, 6.07) is 0. The highest BCUT2D eigenvalue weighted by Gasteiger charge is 2.05. The lowest BCUT2D eigenvalue weighted by atomic mass is 10.2. The molecule has 0 saturated heterocycles. The third-order valence-corrected chi connectivity index (χ3v) is 1.73. The van der Waals surface area contributed by atoms with Gasteiger partial charge in [-0.15, -0.1) is 0 Å². The molecular formula is C8H12N4O2. The fourth-order valence-electron chi connectivity index (χ4n) is 0.975. The number of carboxylic acid groups (broad SMARTS) is 1. The SMILES string of the molecule is CNc1ncc(CCC(=O)O)c(N)n1. The molecule has 0 fully saturated rings. The molecule has 0 spiro atoms. The number of aromatic nitrogens is 2. The highest BCUT2D eigenvalue weighted by molar-refractivity contribution is 5.67. The number of aliphatic carboxylic acids is 1. The number of nitrogens with one attached hydrogen (secondary N) is 1. The third kappa shape index (κ3) is 2.58. The standard InChI is InChI=1S/C8H12N4O2/c1-10-8-11-4-5(7(9)12-8)2-3-6(13)14/h4H,2-3H2,1H3,(H,13,14)(H3,9,10,11,12). The number of anilines is 2. The van der Waals surface area contributed by atoms with Crippen molar-refractivity contribution >= 4 is 17.7 Å². The molecule has 6 nitrogen and oxygen atoms in total. The average Bonchev–Trinajstić information content (AvgIpc) is 2.15. The molecule has 1 aromatic rings. The summed E-state index contributed by atoms with van der Waals surface area (Å²) in [5, 5.41) is 11.2. The summed E-state index contributed by atoms with van der Waals surface area (Å²) in [4.78, 5) is 18.2. The third-order valence-electron chi connectivity index (χ3n) is 1.73. The molecule has 0 unspecified atom stereocenters. The number of hydrogen-bond acceptors (Lipinski definition) is 5. The highest BCUT2D eigenvalue weighted by atomic mass is 16.4. The van der Waals surface area contributed by atoms with Crippen molar-refractivity contribution in [2.45, 2.75) is 12.8 Å². The van der Waals surface area contributed by atoms with Gasteiger partial charge in [0, 0.05) is 25.2 Å². The maximum Gasteiger partial charge on any atom is 0.303 e. The molecule has 0 aliphatic rings. The van der Waals surface area contributed by atoms with Crippen molar-refractivity contribution < 1.29 is 9.90 Å². The van der Waals surface area contributed by atoms with E-state index in [1.54, 1.807) is 7.05 Å². The number of nitrogens with zero attached hydrogens (tertiary/aromatic N) is 2. The fourth-order valence-corrected chi connectivity index (χ4v) is 0.975. The van der Waals surface area contributed by atoms with Crippen LogP contribution in [0.5, 0.6) is 0 Å². The van der Waals surface area contributed by atoms with Crippen LogP contribution < -0.4 is 11.1 Å². The second kappa shape index (κ2) is 4.40. The molecule has 0 saturated carbocycles. The molecule has 0 radical (unpaired) electrons. The molecule has 4 N–H and O–H groups in total. The Labute approximate surface area is 81.2 Å². The van der Waals surface area contributed by atoms with Gasteiger partial charge in [0.1, 0.15) is 5.82 Å². The van der Waals surface area contributed by atoms with Gasteiger partial charge < -0.3 is 16.2 Å². The van der Waals surface area contributed by atoms with Crippen LogP contribution >= 0.6 is 0 Å². The monoisotopic (exact) mass is 196 g/mol. The van der Waals surface area contributed by atoms with Crippen molar-refractivity contribution in [2.24, 2.45) is 0 Å². The predicted molar refractivity (Wildman–Crippen MR) is 51.9 cm³/mol. The number of hydrogen-bond donors (Lipinski definition) is 3. The molecule has 0 aliphatic heterocycles. The summed E-state index contributed by atoms with van der Waals surface area (Å²) in [6.45, 7) is 0. The number of aryl methyl sites for hydroxylation is 1. The number of nitrogen functional groups attached to an aromatic ring is 1. The Morgan fingerprint density at radius 1 is 1.71 bits per heavy atom. The topological polar surface area (TPSA) is 101 Å². The van der Waals surface area contributed by atoms with E-state index >= 15 is 0 Å². The van der Waals surface area contributed by atoms with Gasteiger partial charge in [-0.3, -0.25) is 4.79 Å². The summed E-state index contributed by atoms with van der Waals surface area (Å²) < 4.78 is 0. The summed E-state index contributed by atoms with van der Waals surface area (Å²) in [7, 11) is 1.69. The van der Waals surface area contributed by atoms with Crippen molar-refractivity contribution in [1.29, 1.82) is 0 Å². The van der Waals surface area contributed by atoms with Gasteiger partial charge in [0.25, 0.3) is 0 Å². The van der Waals surface area contributed by atoms with Gasteiger partial charge in [-0.05, 0) is 6.42 Å². The van der Waals surface area contributed by atoms with E-state index in [2.05, 4.69) is 15.3 Å². The van der Waals surface area contributed by atoms with Crippen molar-refractivity contribution in [3.05, 3.63) is 11.8 Å². The van der Waals surface area contributed by atoms with Crippen LogP contribution in [0.2, 0.25) is 0 Å². The molecular weight excluding hydrogens is 184 g/mol. The van der Waals surface area contributed by atoms with Crippen LogP contribution in [0, 0.1) is 0 Å². The lowest BCUT2D eigenvalue weighted by molar-refractivity contribution is -0.136. The van der Waals surface area contributed by atoms with Gasteiger partial charge >= 0.3 is 5.97 Å². The van der Waals surface area contributed by atoms with E-state index in [0.717, 1.165) is 0 Å². The second-order valence-corrected chi connectivity index (χ2v) is 2.75. The van der Waals surface area contributed by atoms with Crippen LogP contribution in [-0.2, 0) is 11.2 Å². The Balaban J connectivity index is 2.73. The molecule has 1 aromatic heterocycles. The van der Waals surface area contributed by atoms with E-state index in [0.29, 0.717) is 23.8 Å². The first kappa shape index (κ1) is 10.2. The lowest BCUT2D eigenvalue weighted by Crippen LogP contribution is -2.05. The zero-order valence-electron chi connectivity index (χ0n) is 7.82. The van der Waals surface area contributed by atoms with E-state index in [4.69, 9.17) is 10.8 Å². The molecule has 6 heteroatoms. The lowest BCUT2D eigenvalue weighted by Gasteiger charge is -2.04. The van der Waals surface area contributed by atoms with Gasteiger partial charge in [0.05, 0.1) is 0 Å². The van der Waals surface area contributed by atoms with Crippen LogP contribution in [0.4, 0.5) is 11.8 Å². The smallest absolute Gasteiger partial charge is 0.303 e. The summed E-state index contributed by atoms with van der Waals surface area (Å²) >= 11 is 0. The minimum atomic E-state index is -0.859. The van der Waals surface area contributed by atoms with Gasteiger partial charge in [0.15, 0.2) is 0 Å². The molecule has 0 aromatic carbocycles. The van der Waals surface area contributed by atoms with E-state index < -0.39 is 5.97 Å². The second-order valence-electron chi connectivity index (χ2n) is 2.75. The van der Waals surface area contributed by atoms with Gasteiger partial charge in [0.2, 0.25) is 5.95 Å². The van der Waals surface area contributed by atoms with Gasteiger partial charge in [-0.25, -0.2) is 4.98 Å². The van der Waals surface area contributed by atoms with Gasteiger partial charge in [-0.2, -0.15) is 4.98 Å². The molecule has 76 valence electrons. The van der Waals surface area contributed by atoms with Crippen LogP contribution in [0.1, 0.15) is 12.0 Å². The first-order valence-corrected chi connectivity index (χ1v) is 4.14. The van der Waals surface area contributed by atoms with Crippen molar-refractivity contribution in [1.82, 2.24) is 9.97 Å².